The van der Waals surface area contributed by atoms with Gasteiger partial charge in [0, 0.05) is 5.56 Å². The first-order chi connectivity index (χ1) is 8.45. The van der Waals surface area contributed by atoms with Gasteiger partial charge in [-0.05, 0) is 19.1 Å². The van der Waals surface area contributed by atoms with Gasteiger partial charge in [-0.25, -0.2) is 13.6 Å². The number of benzene rings is 1. The molecule has 98 valence electrons. The Kier molecular flexibility index (Phi) is 4.76. The Labute approximate surface area is 103 Å². The third-order valence-electron chi connectivity index (χ3n) is 2.33. The van der Waals surface area contributed by atoms with Gasteiger partial charge < -0.3 is 10.1 Å². The lowest BCUT2D eigenvalue weighted by atomic mass is 10.1. The molecule has 0 aliphatic heterocycles. The Morgan fingerprint density at radius 2 is 1.89 bits per heavy atom. The van der Waals surface area contributed by atoms with E-state index in [1.807, 2.05) is 0 Å². The summed E-state index contributed by atoms with van der Waals surface area (Å²) in [6.07, 6.45) is -0.472. The molecule has 0 saturated heterocycles. The fourth-order valence-corrected chi connectivity index (χ4v) is 1.39. The van der Waals surface area contributed by atoms with Crippen LogP contribution in [0.15, 0.2) is 18.2 Å². The predicted octanol–water partition coefficient (Wildman–Crippen LogP) is 1.18. The number of carbonyl (C=O) groups excluding carboxylic acids is 2. The molecular weight excluding hydrogens is 244 g/mol. The smallest absolute Gasteiger partial charge is 0.328 e. The van der Waals surface area contributed by atoms with Crippen LogP contribution in [0.5, 0.6) is 0 Å². The first-order valence-electron chi connectivity index (χ1n) is 5.25. The van der Waals surface area contributed by atoms with Gasteiger partial charge in [0.2, 0.25) is 5.91 Å². The minimum Gasteiger partial charge on any atom is -0.467 e. The highest BCUT2D eigenvalue weighted by molar-refractivity contribution is 5.85. The van der Waals surface area contributed by atoms with Crippen molar-refractivity contribution in [2.24, 2.45) is 0 Å². The quantitative estimate of drug-likeness (QED) is 0.824. The van der Waals surface area contributed by atoms with E-state index >= 15 is 0 Å². The maximum Gasteiger partial charge on any atom is 0.328 e. The van der Waals surface area contributed by atoms with Gasteiger partial charge in [0.25, 0.3) is 0 Å². The second kappa shape index (κ2) is 6.09. The van der Waals surface area contributed by atoms with Crippen molar-refractivity contribution in [2.45, 2.75) is 19.4 Å². The summed E-state index contributed by atoms with van der Waals surface area (Å²) in [7, 11) is 1.18. The Morgan fingerprint density at radius 1 is 1.33 bits per heavy atom. The fraction of sp³-hybridized carbons (Fsp3) is 0.333. The minimum atomic E-state index is -0.864. The van der Waals surface area contributed by atoms with Gasteiger partial charge in [-0.3, -0.25) is 4.79 Å². The summed E-state index contributed by atoms with van der Waals surface area (Å²) < 4.78 is 30.9. The van der Waals surface area contributed by atoms with Gasteiger partial charge in [0.05, 0.1) is 13.5 Å². The Bertz CT molecular complexity index is 442. The van der Waals surface area contributed by atoms with Crippen molar-refractivity contribution in [3.63, 3.8) is 0 Å². The Hall–Kier alpha value is -1.98. The third-order valence-corrected chi connectivity index (χ3v) is 2.33. The number of rotatable bonds is 4. The summed E-state index contributed by atoms with van der Waals surface area (Å²) in [5.41, 5.74) is -0.327. The second-order valence-corrected chi connectivity index (χ2v) is 3.69. The number of hydrogen-bond acceptors (Lipinski definition) is 3. The van der Waals surface area contributed by atoms with Crippen LogP contribution in [0.4, 0.5) is 8.78 Å². The number of carbonyl (C=O) groups is 2. The zero-order valence-electron chi connectivity index (χ0n) is 10.00. The van der Waals surface area contributed by atoms with Gasteiger partial charge in [-0.1, -0.05) is 6.07 Å². The summed E-state index contributed by atoms with van der Waals surface area (Å²) in [5, 5.41) is 2.29. The molecule has 0 aliphatic carbocycles. The molecule has 1 aromatic rings. The van der Waals surface area contributed by atoms with Crippen LogP contribution >= 0.6 is 0 Å². The molecule has 4 nitrogen and oxygen atoms in total. The molecule has 1 amide bonds. The van der Waals surface area contributed by atoms with Gasteiger partial charge in [0.1, 0.15) is 17.7 Å². The van der Waals surface area contributed by atoms with Crippen LogP contribution in [0.25, 0.3) is 0 Å². The summed E-state index contributed by atoms with van der Waals surface area (Å²) in [4.78, 5) is 22.5. The van der Waals surface area contributed by atoms with Crippen molar-refractivity contribution in [1.29, 1.82) is 0 Å². The van der Waals surface area contributed by atoms with E-state index in [-0.39, 0.29) is 5.56 Å². The molecule has 0 bridgehead atoms. The van der Waals surface area contributed by atoms with Gasteiger partial charge in [-0.2, -0.15) is 0 Å². The molecule has 1 aromatic carbocycles. The van der Waals surface area contributed by atoms with Crippen LogP contribution < -0.4 is 5.32 Å². The zero-order chi connectivity index (χ0) is 13.7. The van der Waals surface area contributed by atoms with Gasteiger partial charge in [0.15, 0.2) is 0 Å². The lowest BCUT2D eigenvalue weighted by Gasteiger charge is -2.11. The van der Waals surface area contributed by atoms with Crippen LogP contribution in [-0.4, -0.2) is 25.0 Å². The van der Waals surface area contributed by atoms with E-state index < -0.39 is 36.0 Å². The van der Waals surface area contributed by atoms with Gasteiger partial charge in [-0.15, -0.1) is 0 Å². The highest BCUT2D eigenvalue weighted by Gasteiger charge is 2.18. The zero-order valence-corrected chi connectivity index (χ0v) is 10.00. The molecule has 0 saturated carbocycles. The lowest BCUT2D eigenvalue weighted by Crippen LogP contribution is -2.40. The molecule has 1 atom stereocenters. The maximum absolute atomic E-state index is 13.3. The third kappa shape index (κ3) is 3.51. The molecule has 0 heterocycles. The molecule has 0 aliphatic rings. The summed E-state index contributed by atoms with van der Waals surface area (Å²) >= 11 is 0. The average molecular weight is 257 g/mol. The lowest BCUT2D eigenvalue weighted by molar-refractivity contribution is -0.144. The number of ether oxygens (including phenoxy) is 1. The number of methoxy groups -OCH3 is 1. The van der Waals surface area contributed by atoms with Crippen molar-refractivity contribution < 1.29 is 23.1 Å². The van der Waals surface area contributed by atoms with E-state index in [0.29, 0.717) is 0 Å². The average Bonchev–Trinajstić information content (AvgIpc) is 2.32. The molecule has 6 heteroatoms. The van der Waals surface area contributed by atoms with Crippen molar-refractivity contribution in [1.82, 2.24) is 5.32 Å². The molecule has 0 unspecified atom stereocenters. The minimum absolute atomic E-state index is 0.327. The molecule has 0 fully saturated rings. The number of esters is 1. The normalized spacial score (nSPS) is 11.8. The number of halogens is 2. The van der Waals surface area contributed by atoms with Crippen molar-refractivity contribution in [3.8, 4) is 0 Å². The van der Waals surface area contributed by atoms with Crippen LogP contribution in [-0.2, 0) is 20.7 Å². The molecule has 1 rings (SSSR count). The highest BCUT2D eigenvalue weighted by atomic mass is 19.1. The van der Waals surface area contributed by atoms with E-state index in [9.17, 15) is 18.4 Å². The number of hydrogen-bond donors (Lipinski definition) is 1. The molecule has 0 spiro atoms. The van der Waals surface area contributed by atoms with Crippen LogP contribution in [0, 0.1) is 11.6 Å². The van der Waals surface area contributed by atoms with Gasteiger partial charge >= 0.3 is 5.97 Å². The summed E-state index contributed by atoms with van der Waals surface area (Å²) in [5.74, 6) is -2.87. The van der Waals surface area contributed by atoms with Crippen LogP contribution in [0.3, 0.4) is 0 Å². The molecule has 0 aromatic heterocycles. The van der Waals surface area contributed by atoms with E-state index in [1.54, 1.807) is 0 Å². The number of nitrogens with one attached hydrogen (secondary N) is 1. The van der Waals surface area contributed by atoms with Crippen LogP contribution in [0.1, 0.15) is 12.5 Å². The number of amides is 1. The van der Waals surface area contributed by atoms with E-state index in [0.717, 1.165) is 12.1 Å². The Morgan fingerprint density at radius 3 is 2.39 bits per heavy atom. The standard InChI is InChI=1S/C12H13F2NO3/c1-7(12(17)18-2)15-11(16)6-8-9(13)4-3-5-10(8)14/h3-5,7H,6H2,1-2H3,(H,15,16)/t7-/m0/s1. The molecule has 1 N–H and O–H groups in total. The summed E-state index contributed by atoms with van der Waals surface area (Å²) in [6, 6.07) is 2.48. The first-order valence-corrected chi connectivity index (χ1v) is 5.25. The molecular formula is C12H13F2NO3. The second-order valence-electron chi connectivity index (χ2n) is 3.69. The Balaban J connectivity index is 2.68. The highest BCUT2D eigenvalue weighted by Crippen LogP contribution is 2.12. The van der Waals surface area contributed by atoms with E-state index in [2.05, 4.69) is 10.1 Å². The topological polar surface area (TPSA) is 55.4 Å². The van der Waals surface area contributed by atoms with Crippen molar-refractivity contribution in [3.05, 3.63) is 35.4 Å². The molecule has 0 radical (unpaired) electrons. The van der Waals surface area contributed by atoms with Crippen molar-refractivity contribution in [2.75, 3.05) is 7.11 Å². The van der Waals surface area contributed by atoms with E-state index in [1.165, 1.54) is 20.1 Å². The largest absolute Gasteiger partial charge is 0.467 e. The van der Waals surface area contributed by atoms with Crippen LogP contribution in [0.2, 0.25) is 0 Å². The SMILES string of the molecule is COC(=O)[C@H](C)NC(=O)Cc1c(F)cccc1F. The first kappa shape index (κ1) is 14.1. The van der Waals surface area contributed by atoms with Crippen molar-refractivity contribution >= 4 is 11.9 Å². The maximum atomic E-state index is 13.3. The molecule has 18 heavy (non-hydrogen) atoms. The van der Waals surface area contributed by atoms with E-state index in [4.69, 9.17) is 0 Å². The predicted molar refractivity (Wildman–Crippen MR) is 59.7 cm³/mol. The monoisotopic (exact) mass is 257 g/mol. The fourth-order valence-electron chi connectivity index (χ4n) is 1.39. The summed E-state index contributed by atoms with van der Waals surface area (Å²) in [6.45, 7) is 1.42.